The van der Waals surface area contributed by atoms with E-state index in [0.29, 0.717) is 11.3 Å². The number of carbonyl (C=O) groups is 2. The average molecular weight is 329 g/mol. The van der Waals surface area contributed by atoms with Crippen molar-refractivity contribution in [3.05, 3.63) is 29.7 Å². The highest BCUT2D eigenvalue weighted by Crippen LogP contribution is 2.36. The highest BCUT2D eigenvalue weighted by Gasteiger charge is 2.39. The summed E-state index contributed by atoms with van der Waals surface area (Å²) < 4.78 is 1.41. The van der Waals surface area contributed by atoms with Gasteiger partial charge in [-0.05, 0) is 30.7 Å². The third kappa shape index (κ3) is 2.53. The minimum absolute atomic E-state index is 0.0564. The summed E-state index contributed by atoms with van der Waals surface area (Å²) in [5, 5.41) is 4.15. The zero-order chi connectivity index (χ0) is 17.5. The number of hydrogen-bond donors (Lipinski definition) is 1. The third-order valence-corrected chi connectivity index (χ3v) is 5.21. The quantitative estimate of drug-likeness (QED) is 0.926. The van der Waals surface area contributed by atoms with Crippen molar-refractivity contribution in [2.45, 2.75) is 46.1 Å². The number of amides is 2. The van der Waals surface area contributed by atoms with E-state index in [1.165, 1.54) is 16.9 Å². The molecule has 1 aliphatic rings. The van der Waals surface area contributed by atoms with Crippen LogP contribution >= 0.6 is 0 Å². The Labute approximate surface area is 140 Å². The van der Waals surface area contributed by atoms with Gasteiger partial charge >= 0.3 is 0 Å². The molecule has 7 nitrogen and oxygen atoms in total. The fourth-order valence-electron chi connectivity index (χ4n) is 3.43. The molecular formula is C17H23N5O2. The lowest BCUT2D eigenvalue weighted by Crippen LogP contribution is -2.44. The van der Waals surface area contributed by atoms with Gasteiger partial charge in [0, 0.05) is 18.8 Å². The van der Waals surface area contributed by atoms with Crippen LogP contribution < -0.4 is 5.73 Å². The number of fused-ring (bicyclic) bond motifs is 1. The van der Waals surface area contributed by atoms with Gasteiger partial charge in [-0.3, -0.25) is 9.59 Å². The lowest BCUT2D eigenvalue weighted by Gasteiger charge is -2.37. The Kier molecular flexibility index (Phi) is 4.03. The van der Waals surface area contributed by atoms with Gasteiger partial charge in [0.15, 0.2) is 5.65 Å². The number of nitrogens with zero attached hydrogens (tertiary/aromatic N) is 4. The SMILES string of the molecule is CCC(C)(C)C1CCCN1C(=O)c1ccnc2c(C(N)=O)cnn12. The maximum absolute atomic E-state index is 13.1. The van der Waals surface area contributed by atoms with Crippen LogP contribution in [0.3, 0.4) is 0 Å². The number of rotatable bonds is 4. The summed E-state index contributed by atoms with van der Waals surface area (Å²) in [6, 6.07) is 1.84. The normalized spacial score (nSPS) is 18.3. The average Bonchev–Trinajstić information content (AvgIpc) is 3.20. The van der Waals surface area contributed by atoms with Gasteiger partial charge in [0.05, 0.1) is 6.20 Å². The predicted octanol–water partition coefficient (Wildman–Crippen LogP) is 1.87. The van der Waals surface area contributed by atoms with E-state index in [1.807, 2.05) is 4.90 Å². The molecule has 2 aromatic heterocycles. The first-order chi connectivity index (χ1) is 11.4. The molecule has 0 spiro atoms. The maximum atomic E-state index is 13.1. The molecule has 1 saturated heterocycles. The van der Waals surface area contributed by atoms with E-state index < -0.39 is 5.91 Å². The largest absolute Gasteiger partial charge is 0.365 e. The zero-order valence-corrected chi connectivity index (χ0v) is 14.3. The molecule has 2 amide bonds. The molecule has 7 heteroatoms. The second-order valence-electron chi connectivity index (χ2n) is 6.99. The Bertz CT molecular complexity index is 795. The first kappa shape index (κ1) is 16.4. The minimum atomic E-state index is -0.603. The van der Waals surface area contributed by atoms with Gasteiger partial charge in [-0.25, -0.2) is 9.50 Å². The van der Waals surface area contributed by atoms with Crippen LogP contribution in [0.5, 0.6) is 0 Å². The van der Waals surface area contributed by atoms with Gasteiger partial charge in [0.2, 0.25) is 0 Å². The summed E-state index contributed by atoms with van der Waals surface area (Å²) in [4.78, 5) is 30.7. The van der Waals surface area contributed by atoms with Gasteiger partial charge in [-0.15, -0.1) is 0 Å². The van der Waals surface area contributed by atoms with Gasteiger partial charge in [0.25, 0.3) is 11.8 Å². The van der Waals surface area contributed by atoms with Crippen molar-refractivity contribution in [1.29, 1.82) is 0 Å². The van der Waals surface area contributed by atoms with Gasteiger partial charge < -0.3 is 10.6 Å². The van der Waals surface area contributed by atoms with Crippen LogP contribution in [-0.2, 0) is 0 Å². The van der Waals surface area contributed by atoms with E-state index in [2.05, 4.69) is 30.9 Å². The van der Waals surface area contributed by atoms with Crippen molar-refractivity contribution in [2.24, 2.45) is 11.1 Å². The van der Waals surface area contributed by atoms with Crippen molar-refractivity contribution in [3.63, 3.8) is 0 Å². The number of aromatic nitrogens is 3. The Morgan fingerprint density at radius 1 is 1.42 bits per heavy atom. The highest BCUT2D eigenvalue weighted by molar-refractivity contribution is 6.00. The van der Waals surface area contributed by atoms with Crippen LogP contribution in [0.4, 0.5) is 0 Å². The summed E-state index contributed by atoms with van der Waals surface area (Å²) in [6.07, 6.45) is 5.89. The molecule has 1 atom stereocenters. The molecule has 3 rings (SSSR count). The standard InChI is InChI=1S/C17H23N5O2/c1-4-17(2,3)13-6-5-9-21(13)16(24)12-7-8-19-15-11(14(18)23)10-20-22(12)15/h7-8,10,13H,4-6,9H2,1-3H3,(H2,18,23). The molecule has 0 bridgehead atoms. The summed E-state index contributed by atoms with van der Waals surface area (Å²) in [5.41, 5.74) is 6.34. The van der Waals surface area contributed by atoms with Crippen molar-refractivity contribution in [1.82, 2.24) is 19.5 Å². The molecular weight excluding hydrogens is 306 g/mol. The van der Waals surface area contributed by atoms with Crippen molar-refractivity contribution in [2.75, 3.05) is 6.54 Å². The van der Waals surface area contributed by atoms with Crippen LogP contribution in [0.25, 0.3) is 5.65 Å². The molecule has 0 aliphatic carbocycles. The van der Waals surface area contributed by atoms with Crippen LogP contribution in [0.1, 0.15) is 60.9 Å². The lowest BCUT2D eigenvalue weighted by atomic mass is 9.80. The predicted molar refractivity (Wildman–Crippen MR) is 89.6 cm³/mol. The summed E-state index contributed by atoms with van der Waals surface area (Å²) in [6.45, 7) is 7.29. The smallest absolute Gasteiger partial charge is 0.272 e. The monoisotopic (exact) mass is 329 g/mol. The Morgan fingerprint density at radius 3 is 2.83 bits per heavy atom. The summed E-state index contributed by atoms with van der Waals surface area (Å²) >= 11 is 0. The minimum Gasteiger partial charge on any atom is -0.365 e. The molecule has 1 aliphatic heterocycles. The molecule has 0 aromatic carbocycles. The van der Waals surface area contributed by atoms with Crippen LogP contribution in [0.2, 0.25) is 0 Å². The fourth-order valence-corrected chi connectivity index (χ4v) is 3.43. The van der Waals surface area contributed by atoms with E-state index in [-0.39, 0.29) is 22.9 Å². The molecule has 2 N–H and O–H groups in total. The molecule has 3 heterocycles. The fraction of sp³-hybridized carbons (Fsp3) is 0.529. The van der Waals surface area contributed by atoms with Gasteiger partial charge in [-0.1, -0.05) is 20.8 Å². The third-order valence-electron chi connectivity index (χ3n) is 5.21. The topological polar surface area (TPSA) is 93.6 Å². The summed E-state index contributed by atoms with van der Waals surface area (Å²) in [7, 11) is 0. The number of carbonyl (C=O) groups excluding carboxylic acids is 2. The lowest BCUT2D eigenvalue weighted by molar-refractivity contribution is 0.0587. The molecule has 2 aromatic rings. The van der Waals surface area contributed by atoms with E-state index in [1.54, 1.807) is 6.07 Å². The highest BCUT2D eigenvalue weighted by atomic mass is 16.2. The molecule has 24 heavy (non-hydrogen) atoms. The van der Waals surface area contributed by atoms with Crippen LogP contribution in [-0.4, -0.2) is 43.9 Å². The van der Waals surface area contributed by atoms with Crippen molar-refractivity contribution in [3.8, 4) is 0 Å². The van der Waals surface area contributed by atoms with E-state index in [0.717, 1.165) is 25.8 Å². The zero-order valence-electron chi connectivity index (χ0n) is 14.3. The molecule has 128 valence electrons. The molecule has 1 unspecified atom stereocenters. The maximum Gasteiger partial charge on any atom is 0.272 e. The Balaban J connectivity index is 2.01. The number of likely N-dealkylation sites (tertiary alicyclic amines) is 1. The van der Waals surface area contributed by atoms with E-state index in [9.17, 15) is 9.59 Å². The van der Waals surface area contributed by atoms with Crippen LogP contribution in [0.15, 0.2) is 18.5 Å². The second-order valence-corrected chi connectivity index (χ2v) is 6.99. The number of hydrogen-bond acceptors (Lipinski definition) is 4. The van der Waals surface area contributed by atoms with Gasteiger partial charge in [0.1, 0.15) is 11.3 Å². The number of nitrogens with two attached hydrogens (primary N) is 1. The molecule has 0 saturated carbocycles. The van der Waals surface area contributed by atoms with Crippen molar-refractivity contribution < 1.29 is 9.59 Å². The Hall–Kier alpha value is -2.44. The first-order valence-corrected chi connectivity index (χ1v) is 8.30. The molecule has 0 radical (unpaired) electrons. The second kappa shape index (κ2) is 5.89. The number of primary amides is 1. The van der Waals surface area contributed by atoms with Crippen molar-refractivity contribution >= 4 is 17.5 Å². The summed E-state index contributed by atoms with van der Waals surface area (Å²) in [5.74, 6) is -0.682. The first-order valence-electron chi connectivity index (χ1n) is 8.30. The van der Waals surface area contributed by atoms with E-state index >= 15 is 0 Å². The van der Waals surface area contributed by atoms with E-state index in [4.69, 9.17) is 5.73 Å². The molecule has 1 fully saturated rings. The Morgan fingerprint density at radius 2 is 2.17 bits per heavy atom. The van der Waals surface area contributed by atoms with Crippen LogP contribution in [0, 0.1) is 5.41 Å². The van der Waals surface area contributed by atoms with Gasteiger partial charge in [-0.2, -0.15) is 5.10 Å².